The van der Waals surface area contributed by atoms with Gasteiger partial charge in [0.1, 0.15) is 5.69 Å². The monoisotopic (exact) mass is 413 g/mol. The van der Waals surface area contributed by atoms with Crippen molar-refractivity contribution in [2.45, 2.75) is 39.7 Å². The molecule has 0 saturated heterocycles. The molecule has 3 N–H and O–H groups in total. The van der Waals surface area contributed by atoms with E-state index in [1.165, 1.54) is 0 Å². The van der Waals surface area contributed by atoms with Crippen molar-refractivity contribution in [3.63, 3.8) is 0 Å². The van der Waals surface area contributed by atoms with Gasteiger partial charge in [0.2, 0.25) is 10.0 Å². The highest BCUT2D eigenvalue weighted by Crippen LogP contribution is 2.25. The summed E-state index contributed by atoms with van der Waals surface area (Å²) < 4.78 is 27.1. The van der Waals surface area contributed by atoms with Crippen molar-refractivity contribution < 1.29 is 13.2 Å². The highest BCUT2D eigenvalue weighted by atomic mass is 32.2. The van der Waals surface area contributed by atoms with Crippen LogP contribution in [0.1, 0.15) is 47.8 Å². The number of aromatic nitrogens is 1. The van der Waals surface area contributed by atoms with Gasteiger partial charge in [0, 0.05) is 23.1 Å². The first-order valence-corrected chi connectivity index (χ1v) is 11.5. The summed E-state index contributed by atoms with van der Waals surface area (Å²) in [6.07, 6.45) is 2.50. The van der Waals surface area contributed by atoms with E-state index in [1.807, 2.05) is 44.2 Å². The first kappa shape index (κ1) is 20.9. The van der Waals surface area contributed by atoms with Crippen LogP contribution in [0.15, 0.2) is 48.5 Å². The van der Waals surface area contributed by atoms with Gasteiger partial charge >= 0.3 is 0 Å². The molecule has 6 nitrogen and oxygen atoms in total. The fraction of sp³-hybridized carbons (Fsp3) is 0.318. The number of hydrogen-bond acceptors (Lipinski definition) is 3. The SMILES string of the molecule is CCCCCS(=O)(=O)Nc1ccc2[nH]c(C(=O)NCc3ccccc3)c(C)c2c1. The second-order valence-corrected chi connectivity index (χ2v) is 9.02. The van der Waals surface area contributed by atoms with Crippen LogP contribution in [0.3, 0.4) is 0 Å². The predicted octanol–water partition coefficient (Wildman–Crippen LogP) is 4.34. The lowest BCUT2D eigenvalue weighted by atomic mass is 10.1. The number of amides is 1. The molecule has 0 radical (unpaired) electrons. The number of carbonyl (C=O) groups is 1. The number of fused-ring (bicyclic) bond motifs is 1. The van der Waals surface area contributed by atoms with Crippen LogP contribution in [0.25, 0.3) is 10.9 Å². The van der Waals surface area contributed by atoms with E-state index in [0.29, 0.717) is 24.3 Å². The van der Waals surface area contributed by atoms with E-state index in [-0.39, 0.29) is 11.7 Å². The molecule has 154 valence electrons. The summed E-state index contributed by atoms with van der Waals surface area (Å²) in [6.45, 7) is 4.34. The summed E-state index contributed by atoms with van der Waals surface area (Å²) >= 11 is 0. The first-order chi connectivity index (χ1) is 13.9. The zero-order chi connectivity index (χ0) is 20.9. The minimum atomic E-state index is -3.38. The lowest BCUT2D eigenvalue weighted by Gasteiger charge is -2.08. The minimum absolute atomic E-state index is 0.109. The summed E-state index contributed by atoms with van der Waals surface area (Å²) in [5.74, 6) is -0.0812. The van der Waals surface area contributed by atoms with Crippen LogP contribution < -0.4 is 10.0 Å². The van der Waals surface area contributed by atoms with Crippen molar-refractivity contribution >= 4 is 32.5 Å². The van der Waals surface area contributed by atoms with E-state index >= 15 is 0 Å². The molecule has 0 aliphatic heterocycles. The fourth-order valence-corrected chi connectivity index (χ4v) is 4.43. The average molecular weight is 414 g/mol. The number of carbonyl (C=O) groups excluding carboxylic acids is 1. The quantitative estimate of drug-likeness (QED) is 0.456. The van der Waals surface area contributed by atoms with Gasteiger partial charge in [-0.1, -0.05) is 50.1 Å². The number of hydrogen-bond donors (Lipinski definition) is 3. The molecule has 3 rings (SSSR count). The third-order valence-corrected chi connectivity index (χ3v) is 6.24. The number of benzene rings is 2. The molecular formula is C22H27N3O3S. The summed E-state index contributed by atoms with van der Waals surface area (Å²) in [4.78, 5) is 15.8. The van der Waals surface area contributed by atoms with Crippen LogP contribution in [0.2, 0.25) is 0 Å². The molecule has 1 heterocycles. The molecule has 0 saturated carbocycles. The molecule has 0 atom stereocenters. The maximum atomic E-state index is 12.6. The third kappa shape index (κ3) is 5.38. The zero-order valence-electron chi connectivity index (χ0n) is 16.8. The molecule has 0 spiro atoms. The average Bonchev–Trinajstić information content (AvgIpc) is 3.03. The molecule has 0 unspecified atom stereocenters. The van der Waals surface area contributed by atoms with Gasteiger partial charge in [-0.3, -0.25) is 9.52 Å². The van der Waals surface area contributed by atoms with Gasteiger partial charge in [0.25, 0.3) is 5.91 Å². The lowest BCUT2D eigenvalue weighted by Crippen LogP contribution is -2.23. The van der Waals surface area contributed by atoms with E-state index in [2.05, 4.69) is 15.0 Å². The smallest absolute Gasteiger partial charge is 0.268 e. The highest BCUT2D eigenvalue weighted by Gasteiger charge is 2.16. The number of aromatic amines is 1. The predicted molar refractivity (Wildman–Crippen MR) is 118 cm³/mol. The molecule has 3 aromatic rings. The Morgan fingerprint density at radius 2 is 1.83 bits per heavy atom. The van der Waals surface area contributed by atoms with Crippen molar-refractivity contribution in [1.82, 2.24) is 10.3 Å². The van der Waals surface area contributed by atoms with Crippen molar-refractivity contribution in [1.29, 1.82) is 0 Å². The normalized spacial score (nSPS) is 11.5. The summed E-state index contributed by atoms with van der Waals surface area (Å²) in [6, 6.07) is 15.0. The molecule has 7 heteroatoms. The van der Waals surface area contributed by atoms with Gasteiger partial charge in [-0.15, -0.1) is 0 Å². The van der Waals surface area contributed by atoms with Crippen LogP contribution in [0.4, 0.5) is 5.69 Å². The molecule has 0 aliphatic rings. The Morgan fingerprint density at radius 1 is 1.07 bits per heavy atom. The van der Waals surface area contributed by atoms with Gasteiger partial charge in [0.15, 0.2) is 0 Å². The lowest BCUT2D eigenvalue weighted by molar-refractivity contribution is 0.0946. The standard InChI is InChI=1S/C22H27N3O3S/c1-3-4-8-13-29(27,28)25-18-11-12-20-19(14-18)16(2)21(24-20)22(26)23-15-17-9-6-5-7-10-17/h5-7,9-12,14,24-25H,3-4,8,13,15H2,1-2H3,(H,23,26). The molecular weight excluding hydrogens is 386 g/mol. The van der Waals surface area contributed by atoms with E-state index < -0.39 is 10.0 Å². The molecule has 29 heavy (non-hydrogen) atoms. The van der Waals surface area contributed by atoms with Gasteiger partial charge in [-0.2, -0.15) is 0 Å². The van der Waals surface area contributed by atoms with E-state index in [1.54, 1.807) is 18.2 Å². The van der Waals surface area contributed by atoms with E-state index in [0.717, 1.165) is 34.9 Å². The number of anilines is 1. The summed E-state index contributed by atoms with van der Waals surface area (Å²) in [7, 11) is -3.38. The van der Waals surface area contributed by atoms with Crippen LogP contribution >= 0.6 is 0 Å². The van der Waals surface area contributed by atoms with E-state index in [9.17, 15) is 13.2 Å². The minimum Gasteiger partial charge on any atom is -0.350 e. The Labute approximate surface area is 171 Å². The Bertz CT molecular complexity index is 1090. The Kier molecular flexibility index (Phi) is 6.59. The van der Waals surface area contributed by atoms with Gasteiger partial charge in [-0.05, 0) is 42.7 Å². The van der Waals surface area contributed by atoms with Crippen LogP contribution in [-0.2, 0) is 16.6 Å². The second kappa shape index (κ2) is 9.13. The van der Waals surface area contributed by atoms with Gasteiger partial charge < -0.3 is 10.3 Å². The number of nitrogens with one attached hydrogen (secondary N) is 3. The number of rotatable bonds is 9. The molecule has 1 amide bonds. The fourth-order valence-electron chi connectivity index (χ4n) is 3.26. The molecule has 0 bridgehead atoms. The Balaban J connectivity index is 1.74. The summed E-state index contributed by atoms with van der Waals surface area (Å²) in [5.41, 5.74) is 3.60. The van der Waals surface area contributed by atoms with Crippen molar-refractivity contribution in [3.05, 3.63) is 65.4 Å². The van der Waals surface area contributed by atoms with Gasteiger partial charge in [-0.25, -0.2) is 8.42 Å². The molecule has 0 fully saturated rings. The molecule has 2 aromatic carbocycles. The summed E-state index contributed by atoms with van der Waals surface area (Å²) in [5, 5.41) is 3.74. The number of aryl methyl sites for hydroxylation is 1. The molecule has 0 aliphatic carbocycles. The second-order valence-electron chi connectivity index (χ2n) is 7.18. The van der Waals surface area contributed by atoms with E-state index in [4.69, 9.17) is 0 Å². The number of sulfonamides is 1. The Hall–Kier alpha value is -2.80. The zero-order valence-corrected chi connectivity index (χ0v) is 17.6. The maximum Gasteiger partial charge on any atom is 0.268 e. The Morgan fingerprint density at radius 3 is 2.55 bits per heavy atom. The third-order valence-electron chi connectivity index (χ3n) is 4.87. The highest BCUT2D eigenvalue weighted by molar-refractivity contribution is 7.92. The maximum absolute atomic E-state index is 12.6. The molecule has 1 aromatic heterocycles. The van der Waals surface area contributed by atoms with Crippen LogP contribution in [0, 0.1) is 6.92 Å². The van der Waals surface area contributed by atoms with Gasteiger partial charge in [0.05, 0.1) is 5.75 Å². The van der Waals surface area contributed by atoms with Crippen LogP contribution in [0.5, 0.6) is 0 Å². The number of H-pyrrole nitrogens is 1. The van der Waals surface area contributed by atoms with Crippen molar-refractivity contribution in [3.8, 4) is 0 Å². The first-order valence-electron chi connectivity index (χ1n) is 9.84. The number of unbranched alkanes of at least 4 members (excludes halogenated alkanes) is 2. The van der Waals surface area contributed by atoms with Crippen LogP contribution in [-0.4, -0.2) is 25.1 Å². The largest absolute Gasteiger partial charge is 0.350 e. The van der Waals surface area contributed by atoms with Crippen molar-refractivity contribution in [2.75, 3.05) is 10.5 Å². The van der Waals surface area contributed by atoms with Crippen molar-refractivity contribution in [2.24, 2.45) is 0 Å². The topological polar surface area (TPSA) is 91.1 Å².